The Labute approximate surface area is 177 Å². The Balaban J connectivity index is 2.56. The number of hydrogen-bond donors (Lipinski definition) is 2. The van der Waals surface area contributed by atoms with Gasteiger partial charge >= 0.3 is 12.1 Å². The van der Waals surface area contributed by atoms with Crippen LogP contribution in [0.2, 0.25) is 0 Å². The van der Waals surface area contributed by atoms with Crippen molar-refractivity contribution in [1.29, 1.82) is 0 Å². The molecule has 164 valence electrons. The van der Waals surface area contributed by atoms with E-state index in [-0.39, 0.29) is 6.61 Å². The van der Waals surface area contributed by atoms with Gasteiger partial charge in [0.2, 0.25) is 0 Å². The number of hydrogen-bond acceptors (Lipinski definition) is 6. The quantitative estimate of drug-likeness (QED) is 0.363. The SMILES string of the molecule is CC#CCOc1ccc(C(=O)NC(CCCNC(=O)OC(C)(C)C)C(=O)OC)cc1. The molecule has 0 fully saturated rings. The zero-order valence-corrected chi connectivity index (χ0v) is 18.2. The topological polar surface area (TPSA) is 103 Å². The first-order valence-corrected chi connectivity index (χ1v) is 9.64. The van der Waals surface area contributed by atoms with Crippen LogP contribution in [0.1, 0.15) is 50.9 Å². The molecule has 0 aliphatic carbocycles. The van der Waals surface area contributed by atoms with E-state index in [1.165, 1.54) is 7.11 Å². The second-order valence-corrected chi connectivity index (χ2v) is 7.36. The number of amides is 2. The summed E-state index contributed by atoms with van der Waals surface area (Å²) in [6, 6.07) is 5.68. The highest BCUT2D eigenvalue weighted by Crippen LogP contribution is 2.13. The van der Waals surface area contributed by atoms with Crippen LogP contribution in [0, 0.1) is 11.8 Å². The molecule has 8 nitrogen and oxygen atoms in total. The van der Waals surface area contributed by atoms with Gasteiger partial charge in [-0.15, -0.1) is 5.92 Å². The fourth-order valence-electron chi connectivity index (χ4n) is 2.34. The summed E-state index contributed by atoms with van der Waals surface area (Å²) in [7, 11) is 1.26. The Bertz CT molecular complexity index is 772. The Morgan fingerprint density at radius 1 is 1.13 bits per heavy atom. The van der Waals surface area contributed by atoms with Crippen molar-refractivity contribution in [3.05, 3.63) is 29.8 Å². The lowest BCUT2D eigenvalue weighted by molar-refractivity contribution is -0.143. The van der Waals surface area contributed by atoms with Crippen LogP contribution in [0.25, 0.3) is 0 Å². The molecular weight excluding hydrogens is 388 g/mol. The second-order valence-electron chi connectivity index (χ2n) is 7.36. The molecule has 2 amide bonds. The van der Waals surface area contributed by atoms with E-state index in [4.69, 9.17) is 14.2 Å². The first-order chi connectivity index (χ1) is 14.2. The van der Waals surface area contributed by atoms with E-state index in [2.05, 4.69) is 22.5 Å². The average molecular weight is 418 g/mol. The molecule has 2 N–H and O–H groups in total. The molecule has 1 atom stereocenters. The van der Waals surface area contributed by atoms with Crippen molar-refractivity contribution in [1.82, 2.24) is 10.6 Å². The van der Waals surface area contributed by atoms with Gasteiger partial charge in [0.05, 0.1) is 7.11 Å². The third kappa shape index (κ3) is 9.82. The van der Waals surface area contributed by atoms with Crippen molar-refractivity contribution in [3.8, 4) is 17.6 Å². The monoisotopic (exact) mass is 418 g/mol. The van der Waals surface area contributed by atoms with E-state index in [9.17, 15) is 14.4 Å². The van der Waals surface area contributed by atoms with Crippen LogP contribution in [0.3, 0.4) is 0 Å². The number of ether oxygens (including phenoxy) is 3. The zero-order chi connectivity index (χ0) is 22.6. The molecule has 0 bridgehead atoms. The summed E-state index contributed by atoms with van der Waals surface area (Å²) in [4.78, 5) is 36.1. The van der Waals surface area contributed by atoms with Crippen molar-refractivity contribution in [2.45, 2.75) is 52.2 Å². The lowest BCUT2D eigenvalue weighted by atomic mass is 10.1. The first-order valence-electron chi connectivity index (χ1n) is 9.64. The van der Waals surface area contributed by atoms with Crippen LogP contribution >= 0.6 is 0 Å². The standard InChI is InChI=1S/C22H30N2O6/c1-6-7-15-29-17-12-10-16(11-13-17)19(25)24-18(20(26)28-5)9-8-14-23-21(27)30-22(2,3)4/h10-13,18H,8-9,14-15H2,1-5H3,(H,23,27)(H,24,25). The Morgan fingerprint density at radius 3 is 2.37 bits per heavy atom. The maximum absolute atomic E-state index is 12.5. The van der Waals surface area contributed by atoms with Crippen LogP contribution in [0.4, 0.5) is 4.79 Å². The van der Waals surface area contributed by atoms with Gasteiger partial charge in [-0.2, -0.15) is 0 Å². The number of alkyl carbamates (subject to hydrolysis) is 1. The molecule has 8 heteroatoms. The molecule has 30 heavy (non-hydrogen) atoms. The molecule has 0 saturated heterocycles. The highest BCUT2D eigenvalue weighted by Gasteiger charge is 2.22. The van der Waals surface area contributed by atoms with Crippen molar-refractivity contribution >= 4 is 18.0 Å². The van der Waals surface area contributed by atoms with Gasteiger partial charge in [-0.1, -0.05) is 5.92 Å². The lowest BCUT2D eigenvalue weighted by Crippen LogP contribution is -2.42. The van der Waals surface area contributed by atoms with Crippen LogP contribution in [-0.4, -0.2) is 49.9 Å². The van der Waals surface area contributed by atoms with Gasteiger partial charge < -0.3 is 24.8 Å². The van der Waals surface area contributed by atoms with E-state index in [1.54, 1.807) is 52.0 Å². The fourth-order valence-corrected chi connectivity index (χ4v) is 2.34. The van der Waals surface area contributed by atoms with Crippen molar-refractivity contribution < 1.29 is 28.6 Å². The highest BCUT2D eigenvalue weighted by atomic mass is 16.6. The van der Waals surface area contributed by atoms with Gasteiger partial charge in [-0.05, 0) is 64.8 Å². The molecular formula is C22H30N2O6. The molecule has 0 radical (unpaired) electrons. The lowest BCUT2D eigenvalue weighted by Gasteiger charge is -2.20. The Morgan fingerprint density at radius 2 is 1.80 bits per heavy atom. The first kappa shape index (κ1) is 24.8. The normalized spacial score (nSPS) is 11.4. The summed E-state index contributed by atoms with van der Waals surface area (Å²) >= 11 is 0. The number of benzene rings is 1. The fraction of sp³-hybridized carbons (Fsp3) is 0.500. The van der Waals surface area contributed by atoms with Crippen LogP contribution in [0.5, 0.6) is 5.75 Å². The van der Waals surface area contributed by atoms with Gasteiger partial charge in [0.1, 0.15) is 24.0 Å². The number of carbonyl (C=O) groups excluding carboxylic acids is 3. The molecule has 0 aliphatic heterocycles. The van der Waals surface area contributed by atoms with Crippen LogP contribution in [0.15, 0.2) is 24.3 Å². The minimum absolute atomic E-state index is 0.268. The molecule has 1 unspecified atom stereocenters. The molecule has 0 saturated carbocycles. The van der Waals surface area contributed by atoms with Gasteiger partial charge in [-0.3, -0.25) is 4.79 Å². The maximum atomic E-state index is 12.5. The van der Waals surface area contributed by atoms with E-state index in [0.717, 1.165) is 0 Å². The van der Waals surface area contributed by atoms with E-state index in [1.807, 2.05) is 0 Å². The molecule has 1 aromatic carbocycles. The van der Waals surface area contributed by atoms with E-state index >= 15 is 0 Å². The number of esters is 1. The van der Waals surface area contributed by atoms with Crippen molar-refractivity contribution in [2.24, 2.45) is 0 Å². The molecule has 0 heterocycles. The average Bonchev–Trinajstić information content (AvgIpc) is 2.69. The summed E-state index contributed by atoms with van der Waals surface area (Å²) in [6.45, 7) is 7.60. The minimum atomic E-state index is -0.835. The van der Waals surface area contributed by atoms with Crippen molar-refractivity contribution in [2.75, 3.05) is 20.3 Å². The number of rotatable bonds is 9. The van der Waals surface area contributed by atoms with Gasteiger partial charge in [-0.25, -0.2) is 9.59 Å². The summed E-state index contributed by atoms with van der Waals surface area (Å²) < 4.78 is 15.3. The van der Waals surface area contributed by atoms with Crippen molar-refractivity contribution in [3.63, 3.8) is 0 Å². The van der Waals surface area contributed by atoms with Crippen LogP contribution < -0.4 is 15.4 Å². The summed E-state index contributed by atoms with van der Waals surface area (Å²) in [6.07, 6.45) is 0.212. The third-order valence-electron chi connectivity index (χ3n) is 3.73. The third-order valence-corrected chi connectivity index (χ3v) is 3.73. The summed E-state index contributed by atoms with van der Waals surface area (Å²) in [5, 5.41) is 5.28. The predicted octanol–water partition coefficient (Wildman–Crippen LogP) is 2.67. The molecule has 0 spiro atoms. The number of nitrogens with one attached hydrogen (secondary N) is 2. The van der Waals surface area contributed by atoms with Gasteiger partial charge in [0.15, 0.2) is 0 Å². The van der Waals surface area contributed by atoms with Crippen LogP contribution in [-0.2, 0) is 14.3 Å². The zero-order valence-electron chi connectivity index (χ0n) is 18.2. The van der Waals surface area contributed by atoms with Gasteiger partial charge in [0.25, 0.3) is 5.91 Å². The largest absolute Gasteiger partial charge is 0.481 e. The van der Waals surface area contributed by atoms with E-state index < -0.39 is 29.6 Å². The van der Waals surface area contributed by atoms with E-state index in [0.29, 0.717) is 30.7 Å². The smallest absolute Gasteiger partial charge is 0.407 e. The predicted molar refractivity (Wildman–Crippen MR) is 112 cm³/mol. The molecule has 0 aliphatic rings. The Kier molecular flexibility index (Phi) is 10.2. The summed E-state index contributed by atoms with van der Waals surface area (Å²) in [5.74, 6) is 5.13. The minimum Gasteiger partial charge on any atom is -0.481 e. The van der Waals surface area contributed by atoms with Gasteiger partial charge in [0, 0.05) is 12.1 Å². The summed E-state index contributed by atoms with van der Waals surface area (Å²) in [5.41, 5.74) is -0.207. The highest BCUT2D eigenvalue weighted by molar-refractivity contribution is 5.96. The Hall–Kier alpha value is -3.21. The molecule has 0 aromatic heterocycles. The number of methoxy groups -OCH3 is 1. The molecule has 1 aromatic rings. The number of carbonyl (C=O) groups is 3. The second kappa shape index (κ2) is 12.4. The maximum Gasteiger partial charge on any atom is 0.407 e. The molecule has 1 rings (SSSR count).